The first-order valence-corrected chi connectivity index (χ1v) is 3.72. The molecule has 0 aliphatic heterocycles. The predicted molar refractivity (Wildman–Crippen MR) is 46.0 cm³/mol. The van der Waals surface area contributed by atoms with E-state index in [9.17, 15) is 9.59 Å². The number of rotatable bonds is 3. The van der Waals surface area contributed by atoms with Crippen molar-refractivity contribution in [2.24, 2.45) is 5.41 Å². The van der Waals surface area contributed by atoms with E-state index < -0.39 is 5.41 Å². The van der Waals surface area contributed by atoms with Gasteiger partial charge in [-0.25, -0.2) is 0 Å². The van der Waals surface area contributed by atoms with Crippen LogP contribution in [0.15, 0.2) is 0 Å². The number of carbonyl (C=O) groups is 2. The average molecular weight is 155 g/mol. The second-order valence-corrected chi connectivity index (χ2v) is 3.04. The fraction of sp³-hybridized carbons (Fsp3) is 0.714. The van der Waals surface area contributed by atoms with Crippen LogP contribution in [-0.2, 0) is 9.59 Å². The first kappa shape index (κ1) is 10.2. The number of hydrogen-bond acceptors (Lipinski definition) is 2. The van der Waals surface area contributed by atoms with E-state index in [0.717, 1.165) is 0 Å². The van der Waals surface area contributed by atoms with Gasteiger partial charge in [-0.3, -0.25) is 9.59 Å². The van der Waals surface area contributed by atoms with Crippen LogP contribution >= 0.6 is 0 Å². The Kier molecular flexibility index (Phi) is 3.30. The first-order chi connectivity index (χ1) is 4.92. The summed E-state index contributed by atoms with van der Waals surface area (Å²) in [5, 5.41) is 2.61. The third kappa shape index (κ3) is 2.37. The number of nitrogens with one attached hydrogen (secondary N) is 1. The van der Waals surface area contributed by atoms with Gasteiger partial charge in [0.2, 0.25) is 5.91 Å². The molecule has 0 bridgehead atoms. The van der Waals surface area contributed by atoms with E-state index in [0.29, 0.717) is 6.44 Å². The smallest absolute Gasteiger partial charge is 0.232 e. The van der Waals surface area contributed by atoms with Crippen molar-refractivity contribution in [3.05, 3.63) is 0 Å². The van der Waals surface area contributed by atoms with Crippen LogP contribution < -0.4 is 5.32 Å². The van der Waals surface area contributed by atoms with E-state index in [1.807, 2.05) is 7.85 Å². The van der Waals surface area contributed by atoms with Crippen LogP contribution in [0, 0.1) is 5.41 Å². The Bertz CT molecular complexity index is 177. The lowest BCUT2D eigenvalue weighted by Crippen LogP contribution is -2.41. The van der Waals surface area contributed by atoms with Crippen LogP contribution in [0.25, 0.3) is 0 Å². The summed E-state index contributed by atoms with van der Waals surface area (Å²) in [5.41, 5.74) is -0.879. The topological polar surface area (TPSA) is 46.2 Å². The van der Waals surface area contributed by atoms with Crippen molar-refractivity contribution in [1.82, 2.24) is 5.32 Å². The fourth-order valence-electron chi connectivity index (χ4n) is 0.541. The van der Waals surface area contributed by atoms with E-state index in [1.165, 1.54) is 6.92 Å². The normalized spacial score (nSPS) is 10.8. The SMILES string of the molecule is BCNC(=O)C(C)(C)C(C)=O. The molecule has 0 fully saturated rings. The molecule has 0 aliphatic rings. The summed E-state index contributed by atoms with van der Waals surface area (Å²) < 4.78 is 0. The molecular weight excluding hydrogens is 141 g/mol. The third-order valence-electron chi connectivity index (χ3n) is 1.79. The standard InChI is InChI=1S/C7H14BNO2/c1-5(10)7(2,3)6(11)9-4-8/h4,8H2,1-3H3,(H,9,11). The monoisotopic (exact) mass is 155 g/mol. The van der Waals surface area contributed by atoms with Gasteiger partial charge in [0.05, 0.1) is 0 Å². The second-order valence-electron chi connectivity index (χ2n) is 3.04. The average Bonchev–Trinajstić information content (AvgIpc) is 1.88. The maximum Gasteiger partial charge on any atom is 0.232 e. The van der Waals surface area contributed by atoms with Crippen LogP contribution in [0.2, 0.25) is 0 Å². The third-order valence-corrected chi connectivity index (χ3v) is 1.79. The molecule has 1 N–H and O–H groups in total. The Hall–Kier alpha value is -0.795. The van der Waals surface area contributed by atoms with Crippen LogP contribution in [-0.4, -0.2) is 26.0 Å². The van der Waals surface area contributed by atoms with Gasteiger partial charge in [-0.15, -0.1) is 0 Å². The minimum absolute atomic E-state index is 0.108. The van der Waals surface area contributed by atoms with Gasteiger partial charge in [0.25, 0.3) is 0 Å². The van der Waals surface area contributed by atoms with E-state index in [-0.39, 0.29) is 11.7 Å². The number of Topliss-reactive ketones (excluding diaryl/α,β-unsaturated/α-hetero) is 1. The Morgan fingerprint density at radius 1 is 1.45 bits per heavy atom. The zero-order valence-electron chi connectivity index (χ0n) is 7.52. The van der Waals surface area contributed by atoms with Crippen molar-refractivity contribution in [3.8, 4) is 0 Å². The predicted octanol–water partition coefficient (Wildman–Crippen LogP) is -0.692. The number of amides is 1. The molecule has 0 radical (unpaired) electrons. The summed E-state index contributed by atoms with van der Waals surface area (Å²) in [6.45, 7) is 4.68. The lowest BCUT2D eigenvalue weighted by Gasteiger charge is -2.19. The van der Waals surface area contributed by atoms with Crippen LogP contribution in [0.1, 0.15) is 20.8 Å². The van der Waals surface area contributed by atoms with Crippen molar-refractivity contribution in [2.75, 3.05) is 6.44 Å². The molecule has 0 rings (SSSR count). The molecule has 0 unspecified atom stereocenters. The summed E-state index contributed by atoms with van der Waals surface area (Å²) in [4.78, 5) is 22.1. The van der Waals surface area contributed by atoms with Gasteiger partial charge in [-0.05, 0) is 27.2 Å². The fourth-order valence-corrected chi connectivity index (χ4v) is 0.541. The van der Waals surface area contributed by atoms with Gasteiger partial charge in [0.1, 0.15) is 19.0 Å². The van der Waals surface area contributed by atoms with Gasteiger partial charge in [0, 0.05) is 0 Å². The van der Waals surface area contributed by atoms with E-state index >= 15 is 0 Å². The summed E-state index contributed by atoms with van der Waals surface area (Å²) >= 11 is 0. The molecule has 0 aromatic heterocycles. The zero-order chi connectivity index (χ0) is 9.07. The molecular formula is C7H14BNO2. The van der Waals surface area contributed by atoms with Crippen molar-refractivity contribution in [3.63, 3.8) is 0 Å². The maximum atomic E-state index is 11.2. The molecule has 0 saturated carbocycles. The van der Waals surface area contributed by atoms with Gasteiger partial charge in [-0.2, -0.15) is 0 Å². The Balaban J connectivity index is 4.30. The maximum absolute atomic E-state index is 11.2. The van der Waals surface area contributed by atoms with E-state index in [4.69, 9.17) is 0 Å². The van der Waals surface area contributed by atoms with E-state index in [2.05, 4.69) is 5.32 Å². The molecule has 0 aromatic rings. The lowest BCUT2D eigenvalue weighted by molar-refractivity contribution is -0.138. The molecule has 0 aromatic carbocycles. The quantitative estimate of drug-likeness (QED) is 0.433. The molecule has 0 aliphatic carbocycles. The lowest BCUT2D eigenvalue weighted by atomic mass is 9.87. The largest absolute Gasteiger partial charge is 0.364 e. The van der Waals surface area contributed by atoms with Gasteiger partial charge in [-0.1, -0.05) is 0 Å². The van der Waals surface area contributed by atoms with Gasteiger partial charge < -0.3 is 5.32 Å². The number of hydrogen-bond donors (Lipinski definition) is 1. The molecule has 62 valence electrons. The summed E-state index contributed by atoms with van der Waals surface area (Å²) in [6.07, 6.45) is 0.565. The Morgan fingerprint density at radius 2 is 1.91 bits per heavy atom. The highest BCUT2D eigenvalue weighted by molar-refractivity contribution is 6.12. The van der Waals surface area contributed by atoms with Gasteiger partial charge >= 0.3 is 0 Å². The molecule has 0 heterocycles. The van der Waals surface area contributed by atoms with Crippen molar-refractivity contribution in [1.29, 1.82) is 0 Å². The highest BCUT2D eigenvalue weighted by atomic mass is 16.2. The highest BCUT2D eigenvalue weighted by Crippen LogP contribution is 2.15. The summed E-state index contributed by atoms with van der Waals surface area (Å²) in [6, 6.07) is 0. The molecule has 11 heavy (non-hydrogen) atoms. The molecule has 3 nitrogen and oxygen atoms in total. The molecule has 0 spiro atoms. The Labute approximate surface area is 68.0 Å². The minimum Gasteiger partial charge on any atom is -0.364 e. The number of ketones is 1. The van der Waals surface area contributed by atoms with Crippen molar-refractivity contribution >= 4 is 19.5 Å². The van der Waals surface area contributed by atoms with Crippen LogP contribution in [0.5, 0.6) is 0 Å². The molecule has 1 amide bonds. The van der Waals surface area contributed by atoms with Gasteiger partial charge in [0.15, 0.2) is 0 Å². The summed E-state index contributed by atoms with van der Waals surface area (Å²) in [7, 11) is 1.83. The molecule has 4 heteroatoms. The first-order valence-electron chi connectivity index (χ1n) is 3.72. The highest BCUT2D eigenvalue weighted by Gasteiger charge is 2.31. The Morgan fingerprint density at radius 3 is 2.18 bits per heavy atom. The van der Waals surface area contributed by atoms with Crippen molar-refractivity contribution in [2.45, 2.75) is 20.8 Å². The van der Waals surface area contributed by atoms with Crippen LogP contribution in [0.3, 0.4) is 0 Å². The number of carbonyl (C=O) groups excluding carboxylic acids is 2. The molecule has 0 saturated heterocycles. The minimum atomic E-state index is -0.879. The second kappa shape index (κ2) is 3.55. The summed E-state index contributed by atoms with van der Waals surface area (Å²) in [5.74, 6) is -0.309. The zero-order valence-corrected chi connectivity index (χ0v) is 7.52. The molecule has 0 atom stereocenters. The van der Waals surface area contributed by atoms with E-state index in [1.54, 1.807) is 13.8 Å². The van der Waals surface area contributed by atoms with Crippen molar-refractivity contribution < 1.29 is 9.59 Å². The van der Waals surface area contributed by atoms with Crippen LogP contribution in [0.4, 0.5) is 0 Å².